The Morgan fingerprint density at radius 1 is 1.15 bits per heavy atom. The smallest absolute Gasteiger partial charge is 0.250 e. The second kappa shape index (κ2) is 11.8. The van der Waals surface area contributed by atoms with Gasteiger partial charge in [0.15, 0.2) is 5.96 Å². The summed E-state index contributed by atoms with van der Waals surface area (Å²) in [5.74, 6) is 0.623. The van der Waals surface area contributed by atoms with Crippen LogP contribution in [0.25, 0.3) is 0 Å². The lowest BCUT2D eigenvalue weighted by atomic mass is 10.1. The number of hydrogen-bond acceptors (Lipinski definition) is 4. The minimum absolute atomic E-state index is 0. The summed E-state index contributed by atoms with van der Waals surface area (Å²) in [6, 6.07) is 11.0. The fraction of sp³-hybridized carbons (Fsp3) is 0.312. The zero-order valence-electron chi connectivity index (χ0n) is 14.2. The monoisotopic (exact) mass is 528 g/mol. The van der Waals surface area contributed by atoms with Crippen LogP contribution < -0.4 is 15.4 Å². The van der Waals surface area contributed by atoms with Crippen LogP contribution in [-0.2, 0) is 16.4 Å². The largest absolute Gasteiger partial charge is 0.356 e. The van der Waals surface area contributed by atoms with Gasteiger partial charge >= 0.3 is 0 Å². The molecule has 26 heavy (non-hydrogen) atoms. The summed E-state index contributed by atoms with van der Waals surface area (Å²) in [5.41, 5.74) is 1.14. The van der Waals surface area contributed by atoms with Crippen molar-refractivity contribution in [3.8, 4) is 0 Å². The Kier molecular flexibility index (Phi) is 10.5. The SMILES string of the molecule is CN=C(NCCNS(=O)(=O)c1cccs1)NCCc1cccc(Cl)c1.I. The molecule has 1 aromatic heterocycles. The number of aliphatic imine (C=N–C) groups is 1. The molecule has 0 unspecified atom stereocenters. The number of sulfonamides is 1. The van der Waals surface area contributed by atoms with Gasteiger partial charge in [0.1, 0.15) is 4.21 Å². The molecule has 0 aliphatic heterocycles. The van der Waals surface area contributed by atoms with Gasteiger partial charge in [-0.25, -0.2) is 13.1 Å². The first-order chi connectivity index (χ1) is 12.0. The van der Waals surface area contributed by atoms with E-state index in [-0.39, 0.29) is 30.5 Å². The van der Waals surface area contributed by atoms with E-state index in [2.05, 4.69) is 20.3 Å². The second-order valence-electron chi connectivity index (χ2n) is 5.14. The maximum atomic E-state index is 12.0. The maximum Gasteiger partial charge on any atom is 0.250 e. The molecular formula is C16H22ClIN4O2S2. The number of guanidine groups is 1. The van der Waals surface area contributed by atoms with Crippen LogP contribution >= 0.6 is 46.9 Å². The van der Waals surface area contributed by atoms with Crippen molar-refractivity contribution >= 4 is 62.9 Å². The van der Waals surface area contributed by atoms with Crippen molar-refractivity contribution in [3.63, 3.8) is 0 Å². The summed E-state index contributed by atoms with van der Waals surface area (Å²) in [6.45, 7) is 1.40. The Morgan fingerprint density at radius 2 is 1.92 bits per heavy atom. The van der Waals surface area contributed by atoms with Crippen molar-refractivity contribution in [2.24, 2.45) is 4.99 Å². The molecule has 3 N–H and O–H groups in total. The molecule has 6 nitrogen and oxygen atoms in total. The molecule has 0 aliphatic carbocycles. The quantitative estimate of drug-likeness (QED) is 0.213. The van der Waals surface area contributed by atoms with Gasteiger partial charge in [0.25, 0.3) is 0 Å². The minimum Gasteiger partial charge on any atom is -0.356 e. The molecule has 1 heterocycles. The third-order valence-corrected chi connectivity index (χ3v) is 6.38. The average molecular weight is 529 g/mol. The van der Waals surface area contributed by atoms with E-state index in [1.165, 1.54) is 11.3 Å². The van der Waals surface area contributed by atoms with E-state index in [0.29, 0.717) is 23.3 Å². The molecule has 0 atom stereocenters. The van der Waals surface area contributed by atoms with Crippen molar-refractivity contribution in [1.82, 2.24) is 15.4 Å². The van der Waals surface area contributed by atoms with E-state index in [4.69, 9.17) is 11.6 Å². The van der Waals surface area contributed by atoms with Crippen LogP contribution in [0.15, 0.2) is 51.0 Å². The van der Waals surface area contributed by atoms with Gasteiger partial charge in [-0.3, -0.25) is 4.99 Å². The third kappa shape index (κ3) is 7.78. The van der Waals surface area contributed by atoms with Crippen molar-refractivity contribution < 1.29 is 8.42 Å². The van der Waals surface area contributed by atoms with Crippen LogP contribution in [0, 0.1) is 0 Å². The molecule has 2 rings (SSSR count). The highest BCUT2D eigenvalue weighted by Crippen LogP contribution is 2.14. The molecule has 0 saturated carbocycles. The minimum atomic E-state index is -3.42. The number of nitrogens with zero attached hydrogens (tertiary/aromatic N) is 1. The number of halogens is 2. The van der Waals surface area contributed by atoms with Crippen LogP contribution in [-0.4, -0.2) is 41.1 Å². The summed E-state index contributed by atoms with van der Waals surface area (Å²) in [5, 5.41) is 8.71. The molecule has 0 amide bonds. The predicted molar refractivity (Wildman–Crippen MR) is 119 cm³/mol. The van der Waals surface area contributed by atoms with Crippen molar-refractivity contribution in [2.45, 2.75) is 10.6 Å². The molecule has 0 fully saturated rings. The van der Waals surface area contributed by atoms with Crippen LogP contribution in [0.3, 0.4) is 0 Å². The van der Waals surface area contributed by atoms with Gasteiger partial charge in [0.05, 0.1) is 0 Å². The summed E-state index contributed by atoms with van der Waals surface area (Å²) in [6.07, 6.45) is 0.812. The lowest BCUT2D eigenvalue weighted by molar-refractivity contribution is 0.582. The van der Waals surface area contributed by atoms with Gasteiger partial charge in [0.2, 0.25) is 10.0 Å². The summed E-state index contributed by atoms with van der Waals surface area (Å²) in [4.78, 5) is 4.11. The molecule has 0 spiro atoms. The Labute approximate surface area is 180 Å². The van der Waals surface area contributed by atoms with E-state index >= 15 is 0 Å². The first-order valence-corrected chi connectivity index (χ1v) is 10.5. The van der Waals surface area contributed by atoms with Gasteiger partial charge < -0.3 is 10.6 Å². The molecule has 0 bridgehead atoms. The highest BCUT2D eigenvalue weighted by molar-refractivity contribution is 14.0. The molecule has 10 heteroatoms. The lowest BCUT2D eigenvalue weighted by Crippen LogP contribution is -2.42. The maximum absolute atomic E-state index is 12.0. The van der Waals surface area contributed by atoms with Crippen molar-refractivity contribution in [2.75, 3.05) is 26.7 Å². The molecule has 0 aliphatic rings. The zero-order chi connectivity index (χ0) is 18.1. The second-order valence-corrected chi connectivity index (χ2v) is 8.51. The van der Waals surface area contributed by atoms with Gasteiger partial charge in [-0.05, 0) is 35.6 Å². The standard InChI is InChI=1S/C16H21ClN4O2S2.HI/c1-18-16(19-8-7-13-4-2-5-14(17)12-13)20-9-10-21-25(22,23)15-6-3-11-24-15;/h2-6,11-12,21H,7-10H2,1H3,(H2,18,19,20);1H. The molecule has 144 valence electrons. The molecule has 0 radical (unpaired) electrons. The van der Waals surface area contributed by atoms with Crippen LogP contribution in [0.1, 0.15) is 5.56 Å². The zero-order valence-corrected chi connectivity index (χ0v) is 19.0. The van der Waals surface area contributed by atoms with E-state index in [0.717, 1.165) is 17.0 Å². The van der Waals surface area contributed by atoms with Gasteiger partial charge in [-0.2, -0.15) is 0 Å². The highest BCUT2D eigenvalue weighted by Gasteiger charge is 2.13. The van der Waals surface area contributed by atoms with E-state index in [1.54, 1.807) is 24.6 Å². The number of thiophene rings is 1. The Morgan fingerprint density at radius 3 is 2.58 bits per heavy atom. The van der Waals surface area contributed by atoms with Crippen LogP contribution in [0.4, 0.5) is 0 Å². The fourth-order valence-electron chi connectivity index (χ4n) is 2.09. The van der Waals surface area contributed by atoms with Crippen molar-refractivity contribution in [1.29, 1.82) is 0 Å². The number of rotatable bonds is 8. The van der Waals surface area contributed by atoms with E-state index in [1.807, 2.05) is 24.3 Å². The number of benzene rings is 1. The Bertz CT molecular complexity index is 798. The summed E-state index contributed by atoms with van der Waals surface area (Å²) in [7, 11) is -1.75. The Balaban J connectivity index is 0.00000338. The fourth-order valence-corrected chi connectivity index (χ4v) is 4.37. The third-order valence-electron chi connectivity index (χ3n) is 3.29. The number of hydrogen-bond donors (Lipinski definition) is 3. The van der Waals surface area contributed by atoms with Gasteiger partial charge in [-0.1, -0.05) is 29.8 Å². The molecular weight excluding hydrogens is 507 g/mol. The van der Waals surface area contributed by atoms with Crippen LogP contribution in [0.5, 0.6) is 0 Å². The van der Waals surface area contributed by atoms with Crippen LogP contribution in [0.2, 0.25) is 5.02 Å². The normalized spacial score (nSPS) is 11.7. The lowest BCUT2D eigenvalue weighted by Gasteiger charge is -2.12. The number of nitrogens with one attached hydrogen (secondary N) is 3. The van der Waals surface area contributed by atoms with Gasteiger partial charge in [-0.15, -0.1) is 35.3 Å². The summed E-state index contributed by atoms with van der Waals surface area (Å²) >= 11 is 7.15. The molecule has 0 saturated heterocycles. The first-order valence-electron chi connectivity index (χ1n) is 7.73. The highest BCUT2D eigenvalue weighted by atomic mass is 127. The summed E-state index contributed by atoms with van der Waals surface area (Å²) < 4.78 is 26.8. The molecule has 1 aromatic carbocycles. The van der Waals surface area contributed by atoms with Crippen molar-refractivity contribution in [3.05, 3.63) is 52.4 Å². The first kappa shape index (κ1) is 23.2. The van der Waals surface area contributed by atoms with E-state index < -0.39 is 10.0 Å². The Hall–Kier alpha value is -0.880. The van der Waals surface area contributed by atoms with Gasteiger partial charge in [0, 0.05) is 31.7 Å². The van der Waals surface area contributed by atoms with E-state index in [9.17, 15) is 8.42 Å². The average Bonchev–Trinajstić information content (AvgIpc) is 3.12. The molecule has 2 aromatic rings. The predicted octanol–water partition coefficient (Wildman–Crippen LogP) is 2.71. The topological polar surface area (TPSA) is 82.6 Å².